The fourth-order valence-corrected chi connectivity index (χ4v) is 4.52. The molecule has 0 radical (unpaired) electrons. The maximum atomic E-state index is 11.5. The lowest BCUT2D eigenvalue weighted by Gasteiger charge is -2.32. The number of nitrogens with zero attached hydrogens (tertiary/aromatic N) is 3. The number of carbonyl (C=O) groups excluding carboxylic acids is 1. The highest BCUT2D eigenvalue weighted by atomic mass is 16.5. The highest BCUT2D eigenvalue weighted by Gasteiger charge is 2.39. The molecule has 2 fully saturated rings. The minimum Gasteiger partial charge on any atom is -0.490 e. The van der Waals surface area contributed by atoms with E-state index in [0.717, 1.165) is 27.9 Å². The smallest absolute Gasteiger partial charge is 0.222 e. The van der Waals surface area contributed by atoms with E-state index >= 15 is 0 Å². The third-order valence-corrected chi connectivity index (χ3v) is 6.47. The van der Waals surface area contributed by atoms with E-state index in [1.165, 1.54) is 6.92 Å². The first kappa shape index (κ1) is 21.8. The first-order valence-corrected chi connectivity index (χ1v) is 11.1. The zero-order valence-corrected chi connectivity index (χ0v) is 19.0. The summed E-state index contributed by atoms with van der Waals surface area (Å²) in [6, 6.07) is 5.69. The summed E-state index contributed by atoms with van der Waals surface area (Å²) in [5, 5.41) is 13.3. The quantitative estimate of drug-likeness (QED) is 0.592. The van der Waals surface area contributed by atoms with Crippen molar-refractivity contribution in [1.82, 2.24) is 14.5 Å². The molecule has 0 aromatic carbocycles. The van der Waals surface area contributed by atoms with E-state index in [9.17, 15) is 9.90 Å². The molecule has 1 aliphatic carbocycles. The van der Waals surface area contributed by atoms with Crippen LogP contribution in [0, 0.1) is 0 Å². The second-order valence-electron chi connectivity index (χ2n) is 8.86. The number of carbonyl (C=O) groups is 1. The average molecular weight is 453 g/mol. The van der Waals surface area contributed by atoms with Gasteiger partial charge >= 0.3 is 0 Å². The Morgan fingerprint density at radius 2 is 2.15 bits per heavy atom. The summed E-state index contributed by atoms with van der Waals surface area (Å²) in [5.41, 5.74) is 2.66. The van der Waals surface area contributed by atoms with Gasteiger partial charge in [0.15, 0.2) is 0 Å². The van der Waals surface area contributed by atoms with Crippen molar-refractivity contribution in [2.75, 3.05) is 25.6 Å². The number of methoxy groups -OCH3 is 1. The van der Waals surface area contributed by atoms with Crippen LogP contribution in [-0.4, -0.2) is 58.1 Å². The minimum atomic E-state index is -0.638. The number of anilines is 1. The second-order valence-corrected chi connectivity index (χ2v) is 8.86. The molecule has 9 nitrogen and oxygen atoms in total. The number of rotatable bonds is 6. The monoisotopic (exact) mass is 452 g/mol. The molecular formula is C24H28N4O5. The Morgan fingerprint density at radius 3 is 2.82 bits per heavy atom. The lowest BCUT2D eigenvalue weighted by molar-refractivity contribution is -0.114. The molecule has 3 aromatic heterocycles. The van der Waals surface area contributed by atoms with Gasteiger partial charge in [0.2, 0.25) is 5.91 Å². The van der Waals surface area contributed by atoms with Crippen LogP contribution in [0.3, 0.4) is 0 Å². The fourth-order valence-electron chi connectivity index (χ4n) is 4.52. The van der Waals surface area contributed by atoms with Crippen molar-refractivity contribution in [3.63, 3.8) is 0 Å². The number of aliphatic hydroxyl groups excluding tert-OH is 1. The predicted octanol–water partition coefficient (Wildman–Crippen LogP) is 2.76. The molecule has 0 bridgehead atoms. The van der Waals surface area contributed by atoms with Crippen LogP contribution in [-0.2, 0) is 26.9 Å². The Kier molecular flexibility index (Phi) is 5.55. The van der Waals surface area contributed by atoms with Gasteiger partial charge in [0.1, 0.15) is 23.3 Å². The van der Waals surface area contributed by atoms with Crippen LogP contribution in [0.2, 0.25) is 0 Å². The van der Waals surface area contributed by atoms with Crippen LogP contribution in [0.4, 0.5) is 5.82 Å². The first-order chi connectivity index (χ1) is 15.9. The summed E-state index contributed by atoms with van der Waals surface area (Å²) in [6.45, 7) is 2.48. The Morgan fingerprint density at radius 1 is 1.33 bits per heavy atom. The molecule has 5 rings (SSSR count). The zero-order valence-electron chi connectivity index (χ0n) is 19.0. The number of hydrogen-bond donors (Lipinski definition) is 2. The highest BCUT2D eigenvalue weighted by molar-refractivity contribution is 5.98. The molecule has 1 saturated heterocycles. The van der Waals surface area contributed by atoms with Gasteiger partial charge in [0.25, 0.3) is 0 Å². The Bertz CT molecular complexity index is 1200. The second kappa shape index (κ2) is 8.40. The van der Waals surface area contributed by atoms with Gasteiger partial charge in [-0.15, -0.1) is 0 Å². The number of amides is 1. The summed E-state index contributed by atoms with van der Waals surface area (Å²) in [7, 11) is 3.62. The van der Waals surface area contributed by atoms with Crippen LogP contribution >= 0.6 is 0 Å². The summed E-state index contributed by atoms with van der Waals surface area (Å²) < 4.78 is 19.7. The third-order valence-electron chi connectivity index (χ3n) is 6.47. The number of pyridine rings is 2. The SMILES string of the molecule is CO[C@]1(c2cc(O[C@H]3C[C@H](O)C3)cc(-c3cn(C)c4cnc(NC(C)=O)cc34)n2)CCOC1. The molecule has 33 heavy (non-hydrogen) atoms. The van der Waals surface area contributed by atoms with Crippen molar-refractivity contribution < 1.29 is 24.1 Å². The molecule has 9 heteroatoms. The molecule has 1 aliphatic heterocycles. The molecule has 174 valence electrons. The fraction of sp³-hybridized carbons (Fsp3) is 0.458. The van der Waals surface area contributed by atoms with Gasteiger partial charge < -0.3 is 29.2 Å². The van der Waals surface area contributed by atoms with E-state index in [1.54, 1.807) is 13.3 Å². The topological polar surface area (TPSA) is 108 Å². The first-order valence-electron chi connectivity index (χ1n) is 11.1. The van der Waals surface area contributed by atoms with E-state index in [4.69, 9.17) is 19.2 Å². The van der Waals surface area contributed by atoms with Gasteiger partial charge in [-0.25, -0.2) is 9.97 Å². The highest BCUT2D eigenvalue weighted by Crippen LogP contribution is 2.39. The van der Waals surface area contributed by atoms with Gasteiger partial charge in [-0.2, -0.15) is 0 Å². The van der Waals surface area contributed by atoms with Crippen molar-refractivity contribution >= 4 is 22.6 Å². The van der Waals surface area contributed by atoms with E-state index in [0.29, 0.717) is 44.0 Å². The number of fused-ring (bicyclic) bond motifs is 1. The number of aliphatic hydroxyl groups is 1. The molecule has 0 spiro atoms. The molecular weight excluding hydrogens is 424 g/mol. The summed E-state index contributed by atoms with van der Waals surface area (Å²) >= 11 is 0. The van der Waals surface area contributed by atoms with Gasteiger partial charge in [-0.3, -0.25) is 4.79 Å². The van der Waals surface area contributed by atoms with Gasteiger partial charge in [0, 0.05) is 76.2 Å². The molecule has 2 N–H and O–H groups in total. The minimum absolute atomic E-state index is 0.0236. The van der Waals surface area contributed by atoms with Crippen molar-refractivity contribution in [2.45, 2.75) is 44.0 Å². The molecule has 2 aliphatic rings. The number of aromatic nitrogens is 3. The molecule has 1 atom stereocenters. The zero-order chi connectivity index (χ0) is 23.2. The number of ether oxygens (including phenoxy) is 3. The third kappa shape index (κ3) is 4.07. The van der Waals surface area contributed by atoms with Gasteiger partial charge in [-0.05, 0) is 6.07 Å². The van der Waals surface area contributed by atoms with Crippen molar-refractivity contribution in [1.29, 1.82) is 0 Å². The van der Waals surface area contributed by atoms with Crippen molar-refractivity contribution in [3.8, 4) is 17.0 Å². The average Bonchev–Trinajstić information content (AvgIpc) is 3.38. The molecule has 1 amide bonds. The van der Waals surface area contributed by atoms with E-state index in [2.05, 4.69) is 10.3 Å². The maximum absolute atomic E-state index is 11.5. The largest absolute Gasteiger partial charge is 0.490 e. The van der Waals surface area contributed by atoms with Crippen molar-refractivity contribution in [3.05, 3.63) is 36.3 Å². The molecule has 3 aromatic rings. The maximum Gasteiger partial charge on any atom is 0.222 e. The standard InChI is InChI=1S/C24H28N4O5/c1-14(29)26-23-10-18-19(12-28(2)21(18)11-25-23)20-8-17(33-16-6-15(30)7-16)9-22(27-20)24(31-3)4-5-32-13-24/h8-12,15-16,30H,4-7,13H2,1-3H3,(H,25,26,29)/t15-,16-,24-/m1/s1. The summed E-state index contributed by atoms with van der Waals surface area (Å²) in [5.74, 6) is 0.987. The lowest BCUT2D eigenvalue weighted by Crippen LogP contribution is -2.37. The molecule has 4 heterocycles. The van der Waals surface area contributed by atoms with Crippen LogP contribution in [0.1, 0.15) is 31.9 Å². The Hall–Kier alpha value is -3.01. The predicted molar refractivity (Wildman–Crippen MR) is 122 cm³/mol. The van der Waals surface area contributed by atoms with Crippen LogP contribution < -0.4 is 10.1 Å². The van der Waals surface area contributed by atoms with E-state index < -0.39 is 5.60 Å². The van der Waals surface area contributed by atoms with Crippen molar-refractivity contribution in [2.24, 2.45) is 7.05 Å². The lowest BCUT2D eigenvalue weighted by atomic mass is 9.92. The molecule has 0 unspecified atom stereocenters. The van der Waals surface area contributed by atoms with E-state index in [-0.39, 0.29) is 18.1 Å². The summed E-state index contributed by atoms with van der Waals surface area (Å²) in [4.78, 5) is 20.9. The van der Waals surface area contributed by atoms with Gasteiger partial charge in [-0.1, -0.05) is 0 Å². The Balaban J connectivity index is 1.62. The number of aryl methyl sites for hydroxylation is 1. The van der Waals surface area contributed by atoms with Gasteiger partial charge in [0.05, 0.1) is 35.8 Å². The normalized spacial score (nSPS) is 24.6. The van der Waals surface area contributed by atoms with Crippen LogP contribution in [0.15, 0.2) is 30.6 Å². The van der Waals surface area contributed by atoms with E-state index in [1.807, 2.05) is 36.0 Å². The van der Waals surface area contributed by atoms with Crippen LogP contribution in [0.5, 0.6) is 5.75 Å². The van der Waals surface area contributed by atoms with Crippen LogP contribution in [0.25, 0.3) is 22.2 Å². The number of nitrogens with one attached hydrogen (secondary N) is 1. The summed E-state index contributed by atoms with van der Waals surface area (Å²) in [6.07, 6.45) is 5.34. The Labute approximate surface area is 191 Å². The number of hydrogen-bond acceptors (Lipinski definition) is 7. The molecule has 1 saturated carbocycles.